The van der Waals surface area contributed by atoms with E-state index in [9.17, 15) is 0 Å². The summed E-state index contributed by atoms with van der Waals surface area (Å²) < 4.78 is 0. The highest BCUT2D eigenvalue weighted by Gasteiger charge is 2.09. The fraction of sp³-hybridized carbons (Fsp3) is 0.300. The third-order valence-electron chi connectivity index (χ3n) is 4.60. The third-order valence-corrected chi connectivity index (χ3v) is 4.60. The van der Waals surface area contributed by atoms with E-state index in [0.29, 0.717) is 11.8 Å². The minimum Gasteiger partial charge on any atom is -0.358 e. The molecule has 0 aliphatic rings. The zero-order valence-corrected chi connectivity index (χ0v) is 13.6. The van der Waals surface area contributed by atoms with Crippen LogP contribution in [0.25, 0.3) is 32.6 Å². The molecule has 2 heteroatoms. The lowest BCUT2D eigenvalue weighted by Crippen LogP contribution is -1.84. The molecule has 0 aliphatic heterocycles. The number of aromatic nitrogens is 2. The average molecular weight is 290 g/mol. The van der Waals surface area contributed by atoms with E-state index in [2.05, 4.69) is 74.1 Å². The van der Waals surface area contributed by atoms with Gasteiger partial charge in [0.2, 0.25) is 0 Å². The van der Waals surface area contributed by atoms with Gasteiger partial charge in [-0.25, -0.2) is 0 Å². The minimum absolute atomic E-state index is 0.527. The number of hydrogen-bond acceptors (Lipinski definition) is 0. The zero-order chi connectivity index (χ0) is 15.4. The van der Waals surface area contributed by atoms with Crippen LogP contribution in [0.2, 0.25) is 0 Å². The quantitative estimate of drug-likeness (QED) is 0.450. The van der Waals surface area contributed by atoms with Crippen LogP contribution in [0.1, 0.15) is 50.9 Å². The number of fused-ring (bicyclic) bond motifs is 3. The lowest BCUT2D eigenvalue weighted by molar-refractivity contribution is 0.836. The fourth-order valence-corrected chi connectivity index (χ4v) is 3.18. The van der Waals surface area contributed by atoms with Crippen LogP contribution >= 0.6 is 0 Å². The van der Waals surface area contributed by atoms with E-state index >= 15 is 0 Å². The van der Waals surface area contributed by atoms with Crippen molar-refractivity contribution in [2.24, 2.45) is 0 Å². The predicted octanol–water partition coefficient (Wildman–Crippen LogP) is 6.05. The van der Waals surface area contributed by atoms with Gasteiger partial charge in [0, 0.05) is 33.2 Å². The van der Waals surface area contributed by atoms with Crippen LogP contribution in [0.5, 0.6) is 0 Å². The van der Waals surface area contributed by atoms with Gasteiger partial charge in [0.1, 0.15) is 0 Å². The molecule has 2 aromatic heterocycles. The van der Waals surface area contributed by atoms with Gasteiger partial charge in [-0.3, -0.25) is 0 Å². The van der Waals surface area contributed by atoms with Crippen LogP contribution in [0, 0.1) is 0 Å². The van der Waals surface area contributed by atoms with E-state index in [0.717, 1.165) is 0 Å². The Labute approximate surface area is 130 Å². The predicted molar refractivity (Wildman–Crippen MR) is 95.8 cm³/mol. The van der Waals surface area contributed by atoms with Crippen molar-refractivity contribution in [1.29, 1.82) is 0 Å². The van der Waals surface area contributed by atoms with Crippen molar-refractivity contribution in [1.82, 2.24) is 9.97 Å². The lowest BCUT2D eigenvalue weighted by atomic mass is 10.0. The summed E-state index contributed by atoms with van der Waals surface area (Å²) in [7, 11) is 0. The molecule has 112 valence electrons. The van der Waals surface area contributed by atoms with Gasteiger partial charge in [0.05, 0.1) is 0 Å². The normalized spacial score (nSPS) is 12.5. The molecule has 0 amide bonds. The molecule has 0 atom stereocenters. The maximum Gasteiger partial charge on any atom is 0.0462 e. The van der Waals surface area contributed by atoms with Crippen LogP contribution in [-0.4, -0.2) is 9.97 Å². The second-order valence-corrected chi connectivity index (χ2v) is 6.98. The molecule has 0 radical (unpaired) electrons. The SMILES string of the molecule is CC(C)c1cc2cc3cc4[nH]c(C(C)C)cc4cc3cc2[nH]1. The molecule has 2 aromatic carbocycles. The molecule has 4 rings (SSSR count). The van der Waals surface area contributed by atoms with E-state index in [1.54, 1.807) is 0 Å². The summed E-state index contributed by atoms with van der Waals surface area (Å²) in [6.07, 6.45) is 0. The van der Waals surface area contributed by atoms with Gasteiger partial charge >= 0.3 is 0 Å². The maximum atomic E-state index is 3.55. The van der Waals surface area contributed by atoms with Gasteiger partial charge in [0.15, 0.2) is 0 Å². The van der Waals surface area contributed by atoms with Gasteiger partial charge in [0.25, 0.3) is 0 Å². The molecule has 0 fully saturated rings. The first-order valence-corrected chi connectivity index (χ1v) is 8.10. The van der Waals surface area contributed by atoms with Crippen LogP contribution in [0.4, 0.5) is 0 Å². The van der Waals surface area contributed by atoms with Crippen molar-refractivity contribution in [2.75, 3.05) is 0 Å². The van der Waals surface area contributed by atoms with Gasteiger partial charge in [-0.2, -0.15) is 0 Å². The molecule has 0 saturated heterocycles. The van der Waals surface area contributed by atoms with E-state index in [1.807, 2.05) is 0 Å². The average Bonchev–Trinajstić information content (AvgIpc) is 3.05. The number of rotatable bonds is 2. The molecule has 2 heterocycles. The molecular formula is C20H22N2. The summed E-state index contributed by atoms with van der Waals surface area (Å²) in [4.78, 5) is 7.10. The molecule has 2 N–H and O–H groups in total. The largest absolute Gasteiger partial charge is 0.358 e. The van der Waals surface area contributed by atoms with E-state index in [1.165, 1.54) is 44.0 Å². The van der Waals surface area contributed by atoms with Crippen LogP contribution in [0.15, 0.2) is 36.4 Å². The molecule has 0 aliphatic carbocycles. The smallest absolute Gasteiger partial charge is 0.0462 e. The lowest BCUT2D eigenvalue weighted by Gasteiger charge is -2.00. The Bertz CT molecular complexity index is 835. The van der Waals surface area contributed by atoms with Gasteiger partial charge < -0.3 is 9.97 Å². The molecular weight excluding hydrogens is 268 g/mol. The number of H-pyrrole nitrogens is 2. The summed E-state index contributed by atoms with van der Waals surface area (Å²) >= 11 is 0. The Hall–Kier alpha value is -2.22. The van der Waals surface area contributed by atoms with Gasteiger partial charge in [-0.15, -0.1) is 0 Å². The number of nitrogens with one attached hydrogen (secondary N) is 2. The minimum atomic E-state index is 0.527. The van der Waals surface area contributed by atoms with Gasteiger partial charge in [-0.05, 0) is 59.0 Å². The van der Waals surface area contributed by atoms with Crippen molar-refractivity contribution >= 4 is 32.6 Å². The molecule has 0 unspecified atom stereocenters. The molecule has 0 saturated carbocycles. The second-order valence-electron chi connectivity index (χ2n) is 6.98. The Morgan fingerprint density at radius 1 is 0.545 bits per heavy atom. The Kier molecular flexibility index (Phi) is 2.83. The first kappa shape index (κ1) is 13.4. The fourth-order valence-electron chi connectivity index (χ4n) is 3.18. The van der Waals surface area contributed by atoms with Crippen molar-refractivity contribution in [3.63, 3.8) is 0 Å². The van der Waals surface area contributed by atoms with Gasteiger partial charge in [-0.1, -0.05) is 27.7 Å². The van der Waals surface area contributed by atoms with Crippen molar-refractivity contribution in [3.05, 3.63) is 47.8 Å². The van der Waals surface area contributed by atoms with Crippen molar-refractivity contribution in [3.8, 4) is 0 Å². The molecule has 4 aromatic rings. The summed E-state index contributed by atoms with van der Waals surface area (Å²) in [5.41, 5.74) is 5.07. The highest BCUT2D eigenvalue weighted by Crippen LogP contribution is 2.30. The summed E-state index contributed by atoms with van der Waals surface area (Å²) in [6, 6.07) is 13.7. The Morgan fingerprint density at radius 2 is 0.955 bits per heavy atom. The van der Waals surface area contributed by atoms with Crippen LogP contribution in [0.3, 0.4) is 0 Å². The molecule has 0 spiro atoms. The van der Waals surface area contributed by atoms with Crippen molar-refractivity contribution in [2.45, 2.75) is 39.5 Å². The first-order chi connectivity index (χ1) is 10.5. The standard InChI is InChI=1S/C20H22N2/c1-11(2)17-9-15-5-13-8-20-16(10-18(22-20)12(3)4)6-14(13)7-19(15)21-17/h5-12,21-22H,1-4H3. The summed E-state index contributed by atoms with van der Waals surface area (Å²) in [5.74, 6) is 1.05. The highest BCUT2D eigenvalue weighted by atomic mass is 14.7. The van der Waals surface area contributed by atoms with E-state index in [4.69, 9.17) is 0 Å². The van der Waals surface area contributed by atoms with E-state index < -0.39 is 0 Å². The zero-order valence-electron chi connectivity index (χ0n) is 13.6. The monoisotopic (exact) mass is 290 g/mol. The number of benzene rings is 2. The summed E-state index contributed by atoms with van der Waals surface area (Å²) in [5, 5.41) is 5.19. The number of aromatic amines is 2. The van der Waals surface area contributed by atoms with Crippen LogP contribution < -0.4 is 0 Å². The molecule has 2 nitrogen and oxygen atoms in total. The molecule has 22 heavy (non-hydrogen) atoms. The van der Waals surface area contributed by atoms with Crippen LogP contribution in [-0.2, 0) is 0 Å². The highest BCUT2D eigenvalue weighted by molar-refractivity contribution is 6.03. The topological polar surface area (TPSA) is 31.6 Å². The number of hydrogen-bond donors (Lipinski definition) is 2. The second kappa shape index (κ2) is 4.64. The third kappa shape index (κ3) is 2.02. The summed E-state index contributed by atoms with van der Waals surface area (Å²) in [6.45, 7) is 8.89. The Balaban J connectivity index is 1.98. The first-order valence-electron chi connectivity index (χ1n) is 8.10. The van der Waals surface area contributed by atoms with E-state index in [-0.39, 0.29) is 0 Å². The van der Waals surface area contributed by atoms with Crippen molar-refractivity contribution < 1.29 is 0 Å². The molecule has 0 bridgehead atoms. The Morgan fingerprint density at radius 3 is 1.32 bits per heavy atom. The maximum absolute atomic E-state index is 3.55.